The van der Waals surface area contributed by atoms with Crippen molar-refractivity contribution in [3.05, 3.63) is 65.5 Å². The van der Waals surface area contributed by atoms with Gasteiger partial charge in [-0.3, -0.25) is 0 Å². The van der Waals surface area contributed by atoms with E-state index < -0.39 is 41.9 Å². The molecule has 3 unspecified atom stereocenters. The zero-order valence-electron chi connectivity index (χ0n) is 15.6. The van der Waals surface area contributed by atoms with Crippen molar-refractivity contribution in [3.8, 4) is 6.07 Å². The second-order valence-electron chi connectivity index (χ2n) is 7.29. The molecule has 0 radical (unpaired) electrons. The Kier molecular flexibility index (Phi) is 5.30. The molecule has 154 valence electrons. The van der Waals surface area contributed by atoms with Gasteiger partial charge in [-0.25, -0.2) is 18.7 Å². The number of fused-ring (bicyclic) bond motifs is 1. The number of aromatic nitrogens is 2. The minimum Gasteiger partial charge on any atom is -0.390 e. The Labute approximate surface area is 170 Å². The maximum atomic E-state index is 13.5. The quantitative estimate of drug-likeness (QED) is 0.517. The molecular weight excluding hydrogens is 394 g/mol. The fourth-order valence-corrected chi connectivity index (χ4v) is 3.94. The smallest absolute Gasteiger partial charge is 0.159 e. The van der Waals surface area contributed by atoms with Crippen LogP contribution in [0.4, 0.5) is 14.6 Å². The maximum absolute atomic E-state index is 13.5. The second-order valence-corrected chi connectivity index (χ2v) is 7.29. The summed E-state index contributed by atoms with van der Waals surface area (Å²) in [7, 11) is 0. The Bertz CT molecular complexity index is 1140. The van der Waals surface area contributed by atoms with Gasteiger partial charge in [0.05, 0.1) is 29.3 Å². The number of para-hydroxylation sites is 1. The monoisotopic (exact) mass is 412 g/mol. The van der Waals surface area contributed by atoms with Crippen molar-refractivity contribution >= 4 is 16.7 Å². The average molecular weight is 412 g/mol. The minimum absolute atomic E-state index is 0.108. The Morgan fingerprint density at radius 1 is 1.10 bits per heavy atom. The normalized spacial score (nSPS) is 24.5. The molecule has 9 heteroatoms. The average Bonchev–Trinajstić information content (AvgIpc) is 3.03. The molecule has 3 aromatic rings. The van der Waals surface area contributed by atoms with Crippen molar-refractivity contribution in [2.24, 2.45) is 5.92 Å². The molecule has 5 atom stereocenters. The van der Waals surface area contributed by atoms with Crippen molar-refractivity contribution in [3.63, 3.8) is 0 Å². The van der Waals surface area contributed by atoms with Gasteiger partial charge in [-0.1, -0.05) is 12.1 Å². The van der Waals surface area contributed by atoms with E-state index in [0.29, 0.717) is 22.3 Å². The molecule has 0 aliphatic heterocycles. The third-order valence-corrected chi connectivity index (χ3v) is 5.53. The lowest BCUT2D eigenvalue weighted by Gasteiger charge is -2.22. The molecule has 1 aliphatic rings. The number of aliphatic hydroxyl groups excluding tert-OH is 3. The van der Waals surface area contributed by atoms with Crippen LogP contribution in [0.25, 0.3) is 10.9 Å². The van der Waals surface area contributed by atoms with Gasteiger partial charge in [0.2, 0.25) is 0 Å². The molecule has 1 saturated carbocycles. The summed E-state index contributed by atoms with van der Waals surface area (Å²) in [5.74, 6) is -2.58. The highest BCUT2D eigenvalue weighted by Crippen LogP contribution is 2.38. The SMILES string of the molecule is N#Cc1cccc2c(NC3CC(C(O)c4ccc(F)c(F)c4)[C@@H](O)[C@H]3O)ncnc12. The summed E-state index contributed by atoms with van der Waals surface area (Å²) in [5, 5.41) is 44.4. The summed E-state index contributed by atoms with van der Waals surface area (Å²) in [6.45, 7) is 0. The zero-order chi connectivity index (χ0) is 21.4. The van der Waals surface area contributed by atoms with Gasteiger partial charge in [0, 0.05) is 11.3 Å². The predicted molar refractivity (Wildman–Crippen MR) is 103 cm³/mol. The van der Waals surface area contributed by atoms with Gasteiger partial charge in [0.1, 0.15) is 24.3 Å². The molecule has 0 amide bonds. The number of nitrogens with zero attached hydrogens (tertiary/aromatic N) is 3. The number of hydrogen-bond acceptors (Lipinski definition) is 7. The maximum Gasteiger partial charge on any atom is 0.159 e. The molecule has 7 nitrogen and oxygen atoms in total. The minimum atomic E-state index is -1.30. The molecule has 4 N–H and O–H groups in total. The number of anilines is 1. The van der Waals surface area contributed by atoms with Gasteiger partial charge in [-0.2, -0.15) is 5.26 Å². The summed E-state index contributed by atoms with van der Waals surface area (Å²) in [5.41, 5.74) is 0.928. The standard InChI is InChI=1S/C21H18F2N4O3/c22-14-5-4-10(6-15(14)23)18(28)13-7-16(20(30)19(13)29)27-21-12-3-1-2-11(8-24)17(12)25-9-26-21/h1-6,9,13,16,18-20,28-30H,7H2,(H,25,26,27)/t13?,16?,18?,19-,20+/m1/s1. The van der Waals surface area contributed by atoms with Crippen LogP contribution in [0.1, 0.15) is 23.7 Å². The van der Waals surface area contributed by atoms with Crippen molar-refractivity contribution in [2.75, 3.05) is 5.32 Å². The van der Waals surface area contributed by atoms with Crippen LogP contribution in [0.2, 0.25) is 0 Å². The summed E-state index contributed by atoms with van der Waals surface area (Å²) < 4.78 is 26.7. The van der Waals surface area contributed by atoms with Gasteiger partial charge < -0.3 is 20.6 Å². The van der Waals surface area contributed by atoms with Crippen LogP contribution in [0.5, 0.6) is 0 Å². The summed E-state index contributed by atoms with van der Waals surface area (Å²) in [6, 6.07) is 9.44. The van der Waals surface area contributed by atoms with E-state index in [9.17, 15) is 29.4 Å². The van der Waals surface area contributed by atoms with Gasteiger partial charge in [0.15, 0.2) is 11.6 Å². The van der Waals surface area contributed by atoms with Crippen molar-refractivity contribution in [1.82, 2.24) is 9.97 Å². The van der Waals surface area contributed by atoms with Crippen LogP contribution in [0, 0.1) is 28.9 Å². The zero-order valence-corrected chi connectivity index (χ0v) is 15.6. The molecule has 0 bridgehead atoms. The molecule has 1 aliphatic carbocycles. The first-order valence-corrected chi connectivity index (χ1v) is 9.30. The lowest BCUT2D eigenvalue weighted by Crippen LogP contribution is -2.36. The Hall–Kier alpha value is -3.19. The molecule has 1 heterocycles. The fraction of sp³-hybridized carbons (Fsp3) is 0.286. The number of halogens is 2. The van der Waals surface area contributed by atoms with Crippen LogP contribution in [-0.4, -0.2) is 43.5 Å². The number of nitrogens with one attached hydrogen (secondary N) is 1. The molecule has 0 saturated heterocycles. The van der Waals surface area contributed by atoms with Crippen molar-refractivity contribution in [1.29, 1.82) is 5.26 Å². The number of hydrogen-bond donors (Lipinski definition) is 4. The predicted octanol–water partition coefficient (Wildman–Crippen LogP) is 2.04. The van der Waals surface area contributed by atoms with E-state index in [0.717, 1.165) is 12.1 Å². The highest BCUT2D eigenvalue weighted by atomic mass is 19.2. The lowest BCUT2D eigenvalue weighted by molar-refractivity contribution is -0.0222. The Morgan fingerprint density at radius 2 is 1.90 bits per heavy atom. The second kappa shape index (κ2) is 7.91. The summed E-state index contributed by atoms with van der Waals surface area (Å²) in [4.78, 5) is 8.30. The topological polar surface area (TPSA) is 122 Å². The molecule has 4 rings (SSSR count). The summed E-state index contributed by atoms with van der Waals surface area (Å²) in [6.07, 6.45) is -2.40. The van der Waals surface area contributed by atoms with Crippen molar-refractivity contribution in [2.45, 2.75) is 30.8 Å². The van der Waals surface area contributed by atoms with Gasteiger partial charge >= 0.3 is 0 Å². The Morgan fingerprint density at radius 3 is 2.63 bits per heavy atom. The van der Waals surface area contributed by atoms with Crippen LogP contribution >= 0.6 is 0 Å². The highest BCUT2D eigenvalue weighted by molar-refractivity contribution is 5.92. The van der Waals surface area contributed by atoms with Gasteiger partial charge in [-0.15, -0.1) is 0 Å². The summed E-state index contributed by atoms with van der Waals surface area (Å²) >= 11 is 0. The molecule has 2 aromatic carbocycles. The Balaban J connectivity index is 1.59. The van der Waals surface area contributed by atoms with E-state index in [1.807, 2.05) is 0 Å². The molecular formula is C21H18F2N4O3. The van der Waals surface area contributed by atoms with E-state index in [4.69, 9.17) is 0 Å². The molecule has 1 aromatic heterocycles. The number of nitriles is 1. The molecule has 30 heavy (non-hydrogen) atoms. The van der Waals surface area contributed by atoms with Crippen molar-refractivity contribution < 1.29 is 24.1 Å². The number of benzene rings is 2. The molecule has 1 fully saturated rings. The lowest BCUT2D eigenvalue weighted by atomic mass is 9.92. The van der Waals surface area contributed by atoms with Crippen LogP contribution in [0.15, 0.2) is 42.7 Å². The van der Waals surface area contributed by atoms with Gasteiger partial charge in [-0.05, 0) is 36.2 Å². The number of aliphatic hydroxyl groups is 3. The van der Waals surface area contributed by atoms with E-state index in [1.54, 1.807) is 18.2 Å². The molecule has 0 spiro atoms. The fourth-order valence-electron chi connectivity index (χ4n) is 3.94. The first kappa shape index (κ1) is 20.1. The van der Waals surface area contributed by atoms with E-state index in [-0.39, 0.29) is 12.0 Å². The first-order valence-electron chi connectivity index (χ1n) is 9.30. The van der Waals surface area contributed by atoms with Gasteiger partial charge in [0.25, 0.3) is 0 Å². The van der Waals surface area contributed by atoms with Crippen LogP contribution in [-0.2, 0) is 0 Å². The highest BCUT2D eigenvalue weighted by Gasteiger charge is 2.45. The van der Waals surface area contributed by atoms with E-state index in [2.05, 4.69) is 21.4 Å². The van der Waals surface area contributed by atoms with Crippen LogP contribution in [0.3, 0.4) is 0 Å². The van der Waals surface area contributed by atoms with E-state index in [1.165, 1.54) is 12.4 Å². The number of rotatable bonds is 4. The van der Waals surface area contributed by atoms with Crippen LogP contribution < -0.4 is 5.32 Å². The third-order valence-electron chi connectivity index (χ3n) is 5.53. The third kappa shape index (κ3) is 3.45. The van der Waals surface area contributed by atoms with E-state index >= 15 is 0 Å². The first-order chi connectivity index (χ1) is 14.4. The largest absolute Gasteiger partial charge is 0.390 e.